The number of aryl methyl sites for hydroxylation is 1. The Kier molecular flexibility index (Phi) is 4.26. The number of alkyl halides is 1. The van der Waals surface area contributed by atoms with Crippen molar-refractivity contribution in [2.24, 2.45) is 7.05 Å². The molecule has 2 unspecified atom stereocenters. The van der Waals surface area contributed by atoms with Crippen LogP contribution in [0.15, 0.2) is 6.33 Å². The summed E-state index contributed by atoms with van der Waals surface area (Å²) in [6.07, 6.45) is 2.38. The van der Waals surface area contributed by atoms with Gasteiger partial charge in [-0.3, -0.25) is 4.79 Å². The van der Waals surface area contributed by atoms with Gasteiger partial charge in [-0.15, -0.1) is 10.2 Å². The molecule has 1 aromatic heterocycles. The Morgan fingerprint density at radius 3 is 2.87 bits per heavy atom. The maximum Gasteiger partial charge on any atom is 0.234 e. The summed E-state index contributed by atoms with van der Waals surface area (Å²) in [7, 11) is 1.85. The van der Waals surface area contributed by atoms with Gasteiger partial charge >= 0.3 is 0 Å². The number of nitrogens with one attached hydrogen (secondary N) is 1. The second-order valence-corrected chi connectivity index (χ2v) is 4.51. The third-order valence-corrected chi connectivity index (χ3v) is 3.20. The molecular weight excluding hydrogens is 260 g/mol. The third-order valence-electron chi connectivity index (χ3n) is 2.14. The molecule has 0 fully saturated rings. The normalized spacial score (nSPS) is 14.7. The molecule has 1 rings (SSSR count). The monoisotopic (exact) mass is 274 g/mol. The summed E-state index contributed by atoms with van der Waals surface area (Å²) in [5.74, 6) is 0.729. The quantitative estimate of drug-likeness (QED) is 0.839. The molecule has 2 atom stereocenters. The third kappa shape index (κ3) is 3.02. The summed E-state index contributed by atoms with van der Waals surface area (Å²) in [4.78, 5) is 11.4. The van der Waals surface area contributed by atoms with Crippen LogP contribution in [-0.2, 0) is 11.8 Å². The topological polar surface area (TPSA) is 59.8 Å². The predicted molar refractivity (Wildman–Crippen MR) is 60.6 cm³/mol. The van der Waals surface area contributed by atoms with E-state index in [-0.39, 0.29) is 16.8 Å². The zero-order valence-corrected chi connectivity index (χ0v) is 10.7. The lowest BCUT2D eigenvalue weighted by atomic mass is 10.2. The Hall–Kier alpha value is -0.910. The average molecular weight is 275 g/mol. The van der Waals surface area contributed by atoms with Crippen LogP contribution < -0.4 is 5.32 Å². The minimum atomic E-state index is -0.145. The SMILES string of the molecule is CCC(Br)C(=O)NC(C)c1nncn1C. The first-order valence-electron chi connectivity index (χ1n) is 4.84. The molecule has 0 saturated heterocycles. The molecule has 15 heavy (non-hydrogen) atoms. The van der Waals surface area contributed by atoms with E-state index in [1.54, 1.807) is 10.9 Å². The van der Waals surface area contributed by atoms with Crippen LogP contribution in [0.4, 0.5) is 0 Å². The summed E-state index contributed by atoms with van der Waals surface area (Å²) in [6, 6.07) is -0.128. The number of rotatable bonds is 4. The van der Waals surface area contributed by atoms with Gasteiger partial charge in [-0.05, 0) is 13.3 Å². The maximum atomic E-state index is 11.6. The van der Waals surface area contributed by atoms with Crippen LogP contribution in [0, 0.1) is 0 Å². The molecule has 84 valence electrons. The lowest BCUT2D eigenvalue weighted by molar-refractivity contribution is -0.121. The fraction of sp³-hybridized carbons (Fsp3) is 0.667. The largest absolute Gasteiger partial charge is 0.345 e. The van der Waals surface area contributed by atoms with Crippen LogP contribution in [0.1, 0.15) is 32.1 Å². The predicted octanol–water partition coefficient (Wildman–Crippen LogP) is 1.17. The highest BCUT2D eigenvalue weighted by Crippen LogP contribution is 2.10. The fourth-order valence-corrected chi connectivity index (χ4v) is 1.37. The standard InChI is InChI=1S/C9H15BrN4O/c1-4-7(10)9(15)12-6(2)8-13-11-5-14(8)3/h5-7H,4H2,1-3H3,(H,12,15). The summed E-state index contributed by atoms with van der Waals surface area (Å²) in [5.41, 5.74) is 0. The molecule has 1 heterocycles. The van der Waals surface area contributed by atoms with Crippen molar-refractivity contribution in [2.75, 3.05) is 0 Å². The molecule has 0 aliphatic carbocycles. The van der Waals surface area contributed by atoms with E-state index in [2.05, 4.69) is 31.4 Å². The van der Waals surface area contributed by atoms with E-state index < -0.39 is 0 Å². The van der Waals surface area contributed by atoms with E-state index in [0.29, 0.717) is 0 Å². The van der Waals surface area contributed by atoms with E-state index in [9.17, 15) is 4.79 Å². The van der Waals surface area contributed by atoms with Gasteiger partial charge in [0.25, 0.3) is 0 Å². The van der Waals surface area contributed by atoms with Crippen molar-refractivity contribution in [1.82, 2.24) is 20.1 Å². The summed E-state index contributed by atoms with van der Waals surface area (Å²) < 4.78 is 1.79. The summed E-state index contributed by atoms with van der Waals surface area (Å²) >= 11 is 3.30. The van der Waals surface area contributed by atoms with E-state index >= 15 is 0 Å². The van der Waals surface area contributed by atoms with Crippen molar-refractivity contribution in [3.05, 3.63) is 12.2 Å². The van der Waals surface area contributed by atoms with Gasteiger partial charge in [0.05, 0.1) is 10.9 Å². The maximum absolute atomic E-state index is 11.6. The van der Waals surface area contributed by atoms with Crippen LogP contribution in [0.25, 0.3) is 0 Å². The van der Waals surface area contributed by atoms with E-state index in [1.807, 2.05) is 20.9 Å². The second-order valence-electron chi connectivity index (χ2n) is 3.41. The molecule has 0 spiro atoms. The number of nitrogens with zero attached hydrogens (tertiary/aromatic N) is 3. The number of hydrogen-bond donors (Lipinski definition) is 1. The van der Waals surface area contributed by atoms with Gasteiger partial charge < -0.3 is 9.88 Å². The van der Waals surface area contributed by atoms with Crippen molar-refractivity contribution in [2.45, 2.75) is 31.1 Å². The van der Waals surface area contributed by atoms with Crippen molar-refractivity contribution in [3.8, 4) is 0 Å². The van der Waals surface area contributed by atoms with E-state index in [4.69, 9.17) is 0 Å². The van der Waals surface area contributed by atoms with Gasteiger partial charge in [0.2, 0.25) is 5.91 Å². The van der Waals surface area contributed by atoms with Gasteiger partial charge in [-0.2, -0.15) is 0 Å². The molecule has 0 aliphatic heterocycles. The van der Waals surface area contributed by atoms with Crippen molar-refractivity contribution in [1.29, 1.82) is 0 Å². The molecule has 0 radical (unpaired) electrons. The van der Waals surface area contributed by atoms with Gasteiger partial charge in [0.15, 0.2) is 5.82 Å². The molecule has 6 heteroatoms. The number of amides is 1. The zero-order valence-electron chi connectivity index (χ0n) is 9.07. The minimum absolute atomic E-state index is 0.0204. The zero-order chi connectivity index (χ0) is 11.4. The summed E-state index contributed by atoms with van der Waals surface area (Å²) in [6.45, 7) is 3.84. The van der Waals surface area contributed by atoms with Gasteiger partial charge in [-0.25, -0.2) is 0 Å². The molecule has 0 aliphatic rings. The molecule has 1 N–H and O–H groups in total. The molecule has 0 aromatic carbocycles. The highest BCUT2D eigenvalue weighted by atomic mass is 79.9. The Bertz CT molecular complexity index is 339. The first-order chi connectivity index (χ1) is 7.06. The number of hydrogen-bond acceptors (Lipinski definition) is 3. The van der Waals surface area contributed by atoms with Gasteiger partial charge in [0.1, 0.15) is 6.33 Å². The Balaban J connectivity index is 2.60. The Morgan fingerprint density at radius 1 is 1.73 bits per heavy atom. The molecule has 1 amide bonds. The lowest BCUT2D eigenvalue weighted by Crippen LogP contribution is -2.33. The van der Waals surface area contributed by atoms with Gasteiger partial charge in [0, 0.05) is 7.05 Å². The minimum Gasteiger partial charge on any atom is -0.345 e. The smallest absolute Gasteiger partial charge is 0.234 e. The van der Waals surface area contributed by atoms with Crippen LogP contribution in [0.3, 0.4) is 0 Å². The van der Waals surface area contributed by atoms with Crippen LogP contribution >= 0.6 is 15.9 Å². The fourth-order valence-electron chi connectivity index (χ4n) is 1.24. The van der Waals surface area contributed by atoms with Crippen molar-refractivity contribution < 1.29 is 4.79 Å². The summed E-state index contributed by atoms with van der Waals surface area (Å²) in [5, 5.41) is 10.6. The molecular formula is C9H15BrN4O. The second kappa shape index (κ2) is 5.25. The number of halogens is 1. The number of aromatic nitrogens is 3. The molecule has 0 saturated carbocycles. The lowest BCUT2D eigenvalue weighted by Gasteiger charge is -2.14. The van der Waals surface area contributed by atoms with Gasteiger partial charge in [-0.1, -0.05) is 22.9 Å². The van der Waals surface area contributed by atoms with Crippen LogP contribution in [0.5, 0.6) is 0 Å². The Morgan fingerprint density at radius 2 is 2.40 bits per heavy atom. The molecule has 1 aromatic rings. The van der Waals surface area contributed by atoms with E-state index in [1.165, 1.54) is 0 Å². The number of carbonyl (C=O) groups excluding carboxylic acids is 1. The van der Waals surface area contributed by atoms with E-state index in [0.717, 1.165) is 12.2 Å². The first kappa shape index (κ1) is 12.2. The highest BCUT2D eigenvalue weighted by molar-refractivity contribution is 9.10. The molecule has 5 nitrogen and oxygen atoms in total. The first-order valence-corrected chi connectivity index (χ1v) is 5.76. The van der Waals surface area contributed by atoms with Crippen molar-refractivity contribution in [3.63, 3.8) is 0 Å². The van der Waals surface area contributed by atoms with Crippen LogP contribution in [-0.4, -0.2) is 25.5 Å². The number of carbonyl (C=O) groups is 1. The van der Waals surface area contributed by atoms with Crippen molar-refractivity contribution >= 4 is 21.8 Å². The Labute approximate surface area is 97.4 Å². The molecule has 0 bridgehead atoms. The highest BCUT2D eigenvalue weighted by Gasteiger charge is 2.18. The van der Waals surface area contributed by atoms with Crippen LogP contribution in [0.2, 0.25) is 0 Å². The average Bonchev–Trinajstić information content (AvgIpc) is 2.63.